The third-order valence-corrected chi connectivity index (χ3v) is 5.15. The summed E-state index contributed by atoms with van der Waals surface area (Å²) in [5.41, 5.74) is 5.99. The van der Waals surface area contributed by atoms with Gasteiger partial charge in [0.15, 0.2) is 0 Å². The van der Waals surface area contributed by atoms with Gasteiger partial charge in [-0.25, -0.2) is 0 Å². The van der Waals surface area contributed by atoms with E-state index in [1.54, 1.807) is 0 Å². The maximum Gasteiger partial charge on any atom is 0.238 e. The van der Waals surface area contributed by atoms with Crippen molar-refractivity contribution in [1.29, 1.82) is 0 Å². The molecule has 0 unspecified atom stereocenters. The van der Waals surface area contributed by atoms with E-state index in [2.05, 4.69) is 66.2 Å². The lowest BCUT2D eigenvalue weighted by atomic mass is 10.1. The van der Waals surface area contributed by atoms with Crippen molar-refractivity contribution in [1.82, 2.24) is 9.80 Å². The first-order valence-electron chi connectivity index (χ1n) is 9.37. The summed E-state index contributed by atoms with van der Waals surface area (Å²) in [7, 11) is 0. The number of carbonyl (C=O) groups is 1. The van der Waals surface area contributed by atoms with Crippen LogP contribution in [0.3, 0.4) is 0 Å². The van der Waals surface area contributed by atoms with Gasteiger partial charge < -0.3 is 5.32 Å². The van der Waals surface area contributed by atoms with Gasteiger partial charge in [0.1, 0.15) is 0 Å². The average molecular weight is 351 g/mol. The van der Waals surface area contributed by atoms with Crippen LogP contribution >= 0.6 is 0 Å². The Hall–Kier alpha value is -2.17. The lowest BCUT2D eigenvalue weighted by molar-refractivity contribution is -0.117. The van der Waals surface area contributed by atoms with Crippen molar-refractivity contribution < 1.29 is 4.79 Å². The van der Waals surface area contributed by atoms with Gasteiger partial charge in [-0.2, -0.15) is 0 Å². The summed E-state index contributed by atoms with van der Waals surface area (Å²) >= 11 is 0. The second-order valence-electron chi connectivity index (χ2n) is 7.39. The molecule has 2 aromatic rings. The van der Waals surface area contributed by atoms with E-state index in [9.17, 15) is 4.79 Å². The van der Waals surface area contributed by atoms with Gasteiger partial charge in [-0.3, -0.25) is 14.6 Å². The number of carbonyl (C=O) groups excluding carboxylic acids is 1. The van der Waals surface area contributed by atoms with Gasteiger partial charge >= 0.3 is 0 Å². The predicted molar refractivity (Wildman–Crippen MR) is 107 cm³/mol. The molecule has 2 aromatic carbocycles. The third kappa shape index (κ3) is 5.16. The summed E-state index contributed by atoms with van der Waals surface area (Å²) in [5, 5.41) is 3.02. The topological polar surface area (TPSA) is 35.6 Å². The second-order valence-corrected chi connectivity index (χ2v) is 7.39. The van der Waals surface area contributed by atoms with Crippen LogP contribution in [-0.4, -0.2) is 48.4 Å². The largest absolute Gasteiger partial charge is 0.325 e. The monoisotopic (exact) mass is 351 g/mol. The highest BCUT2D eigenvalue weighted by molar-refractivity contribution is 5.92. The van der Waals surface area contributed by atoms with E-state index in [4.69, 9.17) is 0 Å². The number of nitrogens with zero attached hydrogens (tertiary/aromatic N) is 2. The lowest BCUT2D eigenvalue weighted by Crippen LogP contribution is -2.48. The highest BCUT2D eigenvalue weighted by Crippen LogP contribution is 2.14. The van der Waals surface area contributed by atoms with E-state index in [1.807, 2.05) is 12.1 Å². The fraction of sp³-hybridized carbons (Fsp3) is 0.409. The van der Waals surface area contributed by atoms with Crippen molar-refractivity contribution in [2.24, 2.45) is 0 Å². The van der Waals surface area contributed by atoms with Crippen molar-refractivity contribution in [3.8, 4) is 0 Å². The van der Waals surface area contributed by atoms with Gasteiger partial charge in [0.2, 0.25) is 5.91 Å². The minimum Gasteiger partial charge on any atom is -0.325 e. The van der Waals surface area contributed by atoms with E-state index in [1.165, 1.54) is 22.3 Å². The molecule has 1 amide bonds. The first kappa shape index (κ1) is 18.6. The van der Waals surface area contributed by atoms with Gasteiger partial charge in [-0.15, -0.1) is 0 Å². The molecule has 4 nitrogen and oxygen atoms in total. The Labute approximate surface area is 156 Å². The van der Waals surface area contributed by atoms with Crippen LogP contribution in [0.1, 0.15) is 22.3 Å². The zero-order valence-corrected chi connectivity index (χ0v) is 16.1. The van der Waals surface area contributed by atoms with Crippen LogP contribution in [-0.2, 0) is 11.3 Å². The number of hydrogen-bond acceptors (Lipinski definition) is 3. The Morgan fingerprint density at radius 1 is 0.885 bits per heavy atom. The van der Waals surface area contributed by atoms with Crippen molar-refractivity contribution in [2.45, 2.75) is 27.3 Å². The molecule has 1 aliphatic rings. The Morgan fingerprint density at radius 3 is 2.19 bits per heavy atom. The number of piperazine rings is 1. The molecule has 1 N–H and O–H groups in total. The minimum absolute atomic E-state index is 0.0697. The molecule has 0 aliphatic carbocycles. The first-order valence-corrected chi connectivity index (χ1v) is 9.37. The Balaban J connectivity index is 1.43. The fourth-order valence-electron chi connectivity index (χ4n) is 3.28. The summed E-state index contributed by atoms with van der Waals surface area (Å²) in [5.74, 6) is 0.0697. The van der Waals surface area contributed by atoms with E-state index in [-0.39, 0.29) is 5.91 Å². The van der Waals surface area contributed by atoms with Crippen molar-refractivity contribution in [3.05, 3.63) is 64.7 Å². The molecule has 0 bridgehead atoms. The number of rotatable bonds is 5. The predicted octanol–water partition coefficient (Wildman–Crippen LogP) is 3.37. The molecule has 4 heteroatoms. The van der Waals surface area contributed by atoms with Crippen LogP contribution in [0.15, 0.2) is 42.5 Å². The third-order valence-electron chi connectivity index (χ3n) is 5.15. The number of aryl methyl sites for hydroxylation is 3. The summed E-state index contributed by atoms with van der Waals surface area (Å²) in [6.07, 6.45) is 0. The normalized spacial score (nSPS) is 15.8. The number of amides is 1. The van der Waals surface area contributed by atoms with Crippen molar-refractivity contribution in [2.75, 3.05) is 38.0 Å². The molecule has 3 rings (SSSR count). The zero-order valence-electron chi connectivity index (χ0n) is 16.1. The van der Waals surface area contributed by atoms with Crippen LogP contribution < -0.4 is 5.32 Å². The SMILES string of the molecule is Cc1ccc(CN2CCN(CC(=O)Nc3ccc(C)c(C)c3)CC2)cc1. The summed E-state index contributed by atoms with van der Waals surface area (Å²) < 4.78 is 0. The minimum atomic E-state index is 0.0697. The molecule has 0 aromatic heterocycles. The molecule has 0 atom stereocenters. The van der Waals surface area contributed by atoms with E-state index in [0.717, 1.165) is 38.4 Å². The van der Waals surface area contributed by atoms with E-state index >= 15 is 0 Å². The molecule has 26 heavy (non-hydrogen) atoms. The molecule has 1 aliphatic heterocycles. The zero-order chi connectivity index (χ0) is 18.5. The molecule has 0 saturated carbocycles. The standard InChI is InChI=1S/C22H29N3O/c1-17-4-7-20(8-5-17)15-24-10-12-25(13-11-24)16-22(26)23-21-9-6-18(2)19(3)14-21/h4-9,14H,10-13,15-16H2,1-3H3,(H,23,26). The number of hydrogen-bond donors (Lipinski definition) is 1. The molecular weight excluding hydrogens is 322 g/mol. The number of anilines is 1. The van der Waals surface area contributed by atoms with Gasteiger partial charge in [0.05, 0.1) is 6.54 Å². The fourth-order valence-corrected chi connectivity index (χ4v) is 3.28. The lowest BCUT2D eigenvalue weighted by Gasteiger charge is -2.34. The number of benzene rings is 2. The van der Waals surface area contributed by atoms with Crippen LogP contribution in [0.5, 0.6) is 0 Å². The number of nitrogens with one attached hydrogen (secondary N) is 1. The molecule has 0 radical (unpaired) electrons. The highest BCUT2D eigenvalue weighted by atomic mass is 16.2. The van der Waals surface area contributed by atoms with Crippen LogP contribution in [0, 0.1) is 20.8 Å². The summed E-state index contributed by atoms with van der Waals surface area (Å²) in [4.78, 5) is 17.0. The van der Waals surface area contributed by atoms with Gasteiger partial charge in [-0.1, -0.05) is 35.9 Å². The smallest absolute Gasteiger partial charge is 0.238 e. The Morgan fingerprint density at radius 2 is 1.54 bits per heavy atom. The van der Waals surface area contributed by atoms with Crippen LogP contribution in [0.25, 0.3) is 0 Å². The van der Waals surface area contributed by atoms with Crippen molar-refractivity contribution >= 4 is 11.6 Å². The quantitative estimate of drug-likeness (QED) is 0.897. The maximum atomic E-state index is 12.3. The second kappa shape index (κ2) is 8.47. The van der Waals surface area contributed by atoms with Crippen LogP contribution in [0.2, 0.25) is 0 Å². The molecule has 138 valence electrons. The molecule has 1 saturated heterocycles. The molecular formula is C22H29N3O. The first-order chi connectivity index (χ1) is 12.5. The highest BCUT2D eigenvalue weighted by Gasteiger charge is 2.19. The summed E-state index contributed by atoms with van der Waals surface area (Å²) in [6.45, 7) is 11.6. The maximum absolute atomic E-state index is 12.3. The molecule has 0 spiro atoms. The van der Waals surface area contributed by atoms with Crippen LogP contribution in [0.4, 0.5) is 5.69 Å². The Kier molecular flexibility index (Phi) is 6.07. The summed E-state index contributed by atoms with van der Waals surface area (Å²) in [6, 6.07) is 14.8. The van der Waals surface area contributed by atoms with Gasteiger partial charge in [0.25, 0.3) is 0 Å². The van der Waals surface area contributed by atoms with Crippen molar-refractivity contribution in [3.63, 3.8) is 0 Å². The average Bonchev–Trinajstić information content (AvgIpc) is 2.62. The Bertz CT molecular complexity index is 746. The van der Waals surface area contributed by atoms with Gasteiger partial charge in [-0.05, 0) is 49.6 Å². The molecule has 1 heterocycles. The van der Waals surface area contributed by atoms with Gasteiger partial charge in [0, 0.05) is 38.4 Å². The van der Waals surface area contributed by atoms with E-state index < -0.39 is 0 Å². The molecule has 1 fully saturated rings. The van der Waals surface area contributed by atoms with E-state index in [0.29, 0.717) is 6.54 Å².